The Balaban J connectivity index is 1.97. The van der Waals surface area contributed by atoms with Gasteiger partial charge in [-0.3, -0.25) is 18.7 Å². The Bertz CT molecular complexity index is 1430. The minimum absolute atomic E-state index is 0.0349. The third-order valence-corrected chi connectivity index (χ3v) is 7.14. The summed E-state index contributed by atoms with van der Waals surface area (Å²) in [6.07, 6.45) is 0. The molecular weight excluding hydrogens is 465 g/mol. The zero-order valence-corrected chi connectivity index (χ0v) is 20.1. The summed E-state index contributed by atoms with van der Waals surface area (Å²) in [6, 6.07) is 15.3. The lowest BCUT2D eigenvalue weighted by atomic mass is 9.92. The number of hydrogen-bond donors (Lipinski definition) is 0. The predicted octanol–water partition coefficient (Wildman–Crippen LogP) is 5.81. The summed E-state index contributed by atoms with van der Waals surface area (Å²) >= 11 is 7.76. The Morgan fingerprint density at radius 1 is 1.09 bits per heavy atom. The molecule has 4 aromatic rings. The number of carbonyl (C=O) groups is 1. The largest absolute Gasteiger partial charge is 0.298 e. The fraction of sp³-hybridized carbons (Fsp3) is 0.217. The molecule has 5 nitrogen and oxygen atoms in total. The van der Waals surface area contributed by atoms with E-state index in [9.17, 15) is 14.0 Å². The van der Waals surface area contributed by atoms with Crippen LogP contribution in [-0.2, 0) is 4.79 Å². The molecule has 2 heterocycles. The maximum atomic E-state index is 14.6. The molecule has 0 aliphatic carbocycles. The molecule has 9 heteroatoms. The highest BCUT2D eigenvalue weighted by Gasteiger charge is 2.24. The topological polar surface area (TPSA) is 56.9 Å². The summed E-state index contributed by atoms with van der Waals surface area (Å²) in [7, 11) is 0. The standard InChI is InChI=1S/C23H20FN3O2S3/c1-23(2,3)17(28)13-31-21-25-19-18(20(29)26(21)14-9-5-4-6-10-14)32-22(30)27(19)16-12-8-7-11-15(16)24/h4-12H,13H2,1-3H3. The van der Waals surface area contributed by atoms with Gasteiger partial charge in [-0.15, -0.1) is 0 Å². The van der Waals surface area contributed by atoms with E-state index in [1.165, 1.54) is 27.0 Å². The molecule has 0 bridgehead atoms. The second kappa shape index (κ2) is 8.73. The summed E-state index contributed by atoms with van der Waals surface area (Å²) in [6.45, 7) is 5.56. The monoisotopic (exact) mass is 485 g/mol. The van der Waals surface area contributed by atoms with Gasteiger partial charge in [-0.1, -0.05) is 74.2 Å². The van der Waals surface area contributed by atoms with E-state index in [0.717, 1.165) is 11.3 Å². The number of fused-ring (bicyclic) bond motifs is 1. The number of halogens is 1. The minimum Gasteiger partial charge on any atom is -0.298 e. The van der Waals surface area contributed by atoms with Crippen LogP contribution in [0.15, 0.2) is 64.5 Å². The molecule has 0 aliphatic heterocycles. The molecule has 32 heavy (non-hydrogen) atoms. The van der Waals surface area contributed by atoms with Gasteiger partial charge in [-0.25, -0.2) is 9.37 Å². The maximum Gasteiger partial charge on any atom is 0.278 e. The summed E-state index contributed by atoms with van der Waals surface area (Å²) in [5.74, 6) is -0.277. The molecule has 0 amide bonds. The van der Waals surface area contributed by atoms with Crippen LogP contribution in [0.4, 0.5) is 4.39 Å². The Labute approximate surface area is 197 Å². The van der Waals surface area contributed by atoms with Gasteiger partial charge in [0, 0.05) is 5.41 Å². The third-order valence-electron chi connectivity index (χ3n) is 4.85. The molecule has 0 saturated heterocycles. The van der Waals surface area contributed by atoms with E-state index >= 15 is 0 Å². The smallest absolute Gasteiger partial charge is 0.278 e. The number of nitrogens with zero attached hydrogens (tertiary/aromatic N) is 3. The maximum absolute atomic E-state index is 14.6. The molecule has 0 unspecified atom stereocenters. The quantitative estimate of drug-likeness (QED) is 0.203. The molecule has 0 fully saturated rings. The molecule has 0 atom stereocenters. The van der Waals surface area contributed by atoms with Crippen molar-refractivity contribution in [2.24, 2.45) is 5.41 Å². The predicted molar refractivity (Wildman–Crippen MR) is 131 cm³/mol. The number of Topliss-reactive ketones (excluding diaryl/α,β-unsaturated/α-hetero) is 1. The van der Waals surface area contributed by atoms with E-state index in [1.54, 1.807) is 30.3 Å². The van der Waals surface area contributed by atoms with Crippen LogP contribution in [-0.4, -0.2) is 25.7 Å². The Morgan fingerprint density at radius 2 is 1.75 bits per heavy atom. The van der Waals surface area contributed by atoms with Gasteiger partial charge < -0.3 is 0 Å². The lowest BCUT2D eigenvalue weighted by Crippen LogP contribution is -2.24. The summed E-state index contributed by atoms with van der Waals surface area (Å²) < 4.78 is 18.2. The van der Waals surface area contributed by atoms with Gasteiger partial charge in [0.2, 0.25) is 0 Å². The Kier molecular flexibility index (Phi) is 6.15. The highest BCUT2D eigenvalue weighted by atomic mass is 32.2. The molecule has 0 N–H and O–H groups in total. The number of hydrogen-bond acceptors (Lipinski definition) is 6. The van der Waals surface area contributed by atoms with Crippen molar-refractivity contribution in [2.75, 3.05) is 5.75 Å². The van der Waals surface area contributed by atoms with Crippen molar-refractivity contribution >= 4 is 51.4 Å². The van der Waals surface area contributed by atoms with Crippen LogP contribution in [0.25, 0.3) is 21.7 Å². The van der Waals surface area contributed by atoms with Crippen LogP contribution in [0.5, 0.6) is 0 Å². The molecular formula is C23H20FN3O2S3. The lowest BCUT2D eigenvalue weighted by Gasteiger charge is -2.17. The minimum atomic E-state index is -0.516. The van der Waals surface area contributed by atoms with Crippen molar-refractivity contribution < 1.29 is 9.18 Å². The first kappa shape index (κ1) is 22.6. The van der Waals surface area contributed by atoms with E-state index in [1.807, 2.05) is 39.0 Å². The molecule has 0 saturated carbocycles. The average molecular weight is 486 g/mol. The Morgan fingerprint density at radius 3 is 2.41 bits per heavy atom. The lowest BCUT2D eigenvalue weighted by molar-refractivity contribution is -0.123. The number of rotatable bonds is 5. The first-order chi connectivity index (χ1) is 15.2. The SMILES string of the molecule is CC(C)(C)C(=O)CSc1nc2c(sc(=S)n2-c2ccccc2F)c(=O)n1-c1ccccc1. The number of carbonyl (C=O) groups excluding carboxylic acids is 1. The number of para-hydroxylation sites is 2. The summed E-state index contributed by atoms with van der Waals surface area (Å²) in [5.41, 5.74) is 0.327. The van der Waals surface area contributed by atoms with Crippen LogP contribution in [0.1, 0.15) is 20.8 Å². The first-order valence-corrected chi connectivity index (χ1v) is 12.0. The fourth-order valence-electron chi connectivity index (χ4n) is 3.03. The van der Waals surface area contributed by atoms with Gasteiger partial charge in [0.25, 0.3) is 5.56 Å². The van der Waals surface area contributed by atoms with Crippen LogP contribution in [0.3, 0.4) is 0 Å². The third kappa shape index (κ3) is 4.20. The molecule has 4 rings (SSSR count). The molecule has 2 aromatic carbocycles. The van der Waals surface area contributed by atoms with Crippen molar-refractivity contribution in [2.45, 2.75) is 25.9 Å². The summed E-state index contributed by atoms with van der Waals surface area (Å²) in [5, 5.41) is 0.351. The van der Waals surface area contributed by atoms with Crippen molar-refractivity contribution in [3.8, 4) is 11.4 Å². The van der Waals surface area contributed by atoms with Crippen LogP contribution in [0.2, 0.25) is 0 Å². The zero-order valence-electron chi connectivity index (χ0n) is 17.7. The molecule has 0 spiro atoms. The van der Waals surface area contributed by atoms with Crippen LogP contribution in [0, 0.1) is 15.2 Å². The molecule has 0 aliphatic rings. The molecule has 164 valence electrons. The number of benzene rings is 2. The van der Waals surface area contributed by atoms with E-state index < -0.39 is 11.2 Å². The molecule has 0 radical (unpaired) electrons. The second-order valence-corrected chi connectivity index (χ2v) is 10.7. The number of thioether (sulfide) groups is 1. The molecule has 2 aromatic heterocycles. The number of ketones is 1. The van der Waals surface area contributed by atoms with Gasteiger partial charge in [-0.05, 0) is 36.5 Å². The highest BCUT2D eigenvalue weighted by molar-refractivity contribution is 7.99. The van der Waals surface area contributed by atoms with Gasteiger partial charge >= 0.3 is 0 Å². The van der Waals surface area contributed by atoms with Gasteiger partial charge in [0.15, 0.2) is 14.8 Å². The Hall–Kier alpha value is -2.62. The summed E-state index contributed by atoms with van der Waals surface area (Å²) in [4.78, 5) is 30.8. The second-order valence-electron chi connectivity index (χ2n) is 8.14. The highest BCUT2D eigenvalue weighted by Crippen LogP contribution is 2.29. The van der Waals surface area contributed by atoms with Gasteiger partial charge in [-0.2, -0.15) is 0 Å². The van der Waals surface area contributed by atoms with Crippen molar-refractivity contribution in [3.05, 3.63) is 74.7 Å². The average Bonchev–Trinajstić information content (AvgIpc) is 3.08. The van der Waals surface area contributed by atoms with E-state index in [2.05, 4.69) is 0 Å². The number of aromatic nitrogens is 3. The zero-order chi connectivity index (χ0) is 23.0. The normalized spacial score (nSPS) is 11.8. The van der Waals surface area contributed by atoms with Crippen LogP contribution < -0.4 is 5.56 Å². The van der Waals surface area contributed by atoms with Crippen molar-refractivity contribution in [1.29, 1.82) is 0 Å². The van der Waals surface area contributed by atoms with E-state index in [0.29, 0.717) is 19.5 Å². The van der Waals surface area contributed by atoms with E-state index in [-0.39, 0.29) is 28.4 Å². The fourth-order valence-corrected chi connectivity index (χ4v) is 5.48. The van der Waals surface area contributed by atoms with Crippen molar-refractivity contribution in [3.63, 3.8) is 0 Å². The van der Waals surface area contributed by atoms with E-state index in [4.69, 9.17) is 17.2 Å². The number of thiazole rings is 1. The van der Waals surface area contributed by atoms with Gasteiger partial charge in [0.1, 0.15) is 16.3 Å². The van der Waals surface area contributed by atoms with Gasteiger partial charge in [0.05, 0.1) is 17.1 Å². The van der Waals surface area contributed by atoms with Crippen molar-refractivity contribution in [1.82, 2.24) is 14.1 Å². The first-order valence-electron chi connectivity index (χ1n) is 9.83. The van der Waals surface area contributed by atoms with Crippen LogP contribution >= 0.6 is 35.3 Å².